The minimum atomic E-state index is 0.378. The number of ether oxygens (including phenoxy) is 1. The van der Waals surface area contributed by atoms with E-state index in [1.807, 2.05) is 6.07 Å². The molecule has 2 aliphatic heterocycles. The molecule has 0 aliphatic carbocycles. The number of anilines is 1. The van der Waals surface area contributed by atoms with Crippen molar-refractivity contribution in [1.82, 2.24) is 4.98 Å². The van der Waals surface area contributed by atoms with Gasteiger partial charge in [0, 0.05) is 18.5 Å². The number of hydrogen-bond acceptors (Lipinski definition) is 4. The summed E-state index contributed by atoms with van der Waals surface area (Å²) in [4.78, 5) is 7.33. The molecule has 2 aliphatic rings. The molecule has 2 saturated heterocycles. The minimum absolute atomic E-state index is 0.378. The number of benzene rings is 1. The van der Waals surface area contributed by atoms with E-state index in [0.717, 1.165) is 30.8 Å². The SMILES string of the molecule is NCCc1cc2ccccc2nc1N1CC2CCC(C1)O2. The van der Waals surface area contributed by atoms with Gasteiger partial charge < -0.3 is 15.4 Å². The van der Waals surface area contributed by atoms with Gasteiger partial charge in [0.15, 0.2) is 0 Å². The summed E-state index contributed by atoms with van der Waals surface area (Å²) < 4.78 is 5.94. The van der Waals surface area contributed by atoms with Crippen molar-refractivity contribution in [2.24, 2.45) is 5.73 Å². The van der Waals surface area contributed by atoms with E-state index in [2.05, 4.69) is 29.2 Å². The maximum Gasteiger partial charge on any atom is 0.132 e. The second-order valence-electron chi connectivity index (χ2n) is 6.06. The topological polar surface area (TPSA) is 51.4 Å². The van der Waals surface area contributed by atoms with Crippen LogP contribution < -0.4 is 10.6 Å². The van der Waals surface area contributed by atoms with Crippen LogP contribution in [0.25, 0.3) is 10.9 Å². The lowest BCUT2D eigenvalue weighted by atomic mass is 10.1. The Morgan fingerprint density at radius 3 is 2.71 bits per heavy atom. The number of aromatic nitrogens is 1. The summed E-state index contributed by atoms with van der Waals surface area (Å²) in [6, 6.07) is 10.6. The summed E-state index contributed by atoms with van der Waals surface area (Å²) >= 11 is 0. The lowest BCUT2D eigenvalue weighted by molar-refractivity contribution is 0.0302. The van der Waals surface area contributed by atoms with Crippen molar-refractivity contribution in [3.05, 3.63) is 35.9 Å². The van der Waals surface area contributed by atoms with Crippen LogP contribution in [0.1, 0.15) is 18.4 Å². The van der Waals surface area contributed by atoms with Crippen LogP contribution in [0, 0.1) is 0 Å². The van der Waals surface area contributed by atoms with E-state index in [1.165, 1.54) is 23.8 Å². The van der Waals surface area contributed by atoms with Gasteiger partial charge in [0.25, 0.3) is 0 Å². The van der Waals surface area contributed by atoms with Crippen molar-refractivity contribution in [3.8, 4) is 0 Å². The zero-order chi connectivity index (χ0) is 14.2. The van der Waals surface area contributed by atoms with Crippen molar-refractivity contribution in [3.63, 3.8) is 0 Å². The maximum atomic E-state index is 5.94. The molecule has 2 unspecified atom stereocenters. The van der Waals surface area contributed by atoms with Crippen LogP contribution in [-0.4, -0.2) is 36.8 Å². The van der Waals surface area contributed by atoms with E-state index >= 15 is 0 Å². The normalized spacial score (nSPS) is 24.7. The second kappa shape index (κ2) is 5.28. The highest BCUT2D eigenvalue weighted by Gasteiger charge is 2.34. The Kier molecular flexibility index (Phi) is 3.28. The Balaban J connectivity index is 1.76. The fourth-order valence-electron chi connectivity index (χ4n) is 3.55. The van der Waals surface area contributed by atoms with Crippen molar-refractivity contribution < 1.29 is 4.74 Å². The van der Waals surface area contributed by atoms with E-state index in [-0.39, 0.29) is 0 Å². The maximum absolute atomic E-state index is 5.94. The highest BCUT2D eigenvalue weighted by Crippen LogP contribution is 2.31. The number of pyridine rings is 1. The van der Waals surface area contributed by atoms with Crippen LogP contribution >= 0.6 is 0 Å². The molecule has 4 nitrogen and oxygen atoms in total. The van der Waals surface area contributed by atoms with Gasteiger partial charge >= 0.3 is 0 Å². The quantitative estimate of drug-likeness (QED) is 0.937. The number of rotatable bonds is 3. The molecular weight excluding hydrogens is 262 g/mol. The molecule has 3 heterocycles. The summed E-state index contributed by atoms with van der Waals surface area (Å²) in [6.45, 7) is 2.57. The summed E-state index contributed by atoms with van der Waals surface area (Å²) in [5, 5.41) is 1.20. The molecule has 4 heteroatoms. The molecule has 1 aromatic heterocycles. The Morgan fingerprint density at radius 2 is 1.95 bits per heavy atom. The summed E-state index contributed by atoms with van der Waals surface area (Å²) in [5.74, 6) is 1.11. The summed E-state index contributed by atoms with van der Waals surface area (Å²) in [6.07, 6.45) is 3.99. The summed E-state index contributed by atoms with van der Waals surface area (Å²) in [5.41, 5.74) is 8.12. The van der Waals surface area contributed by atoms with Gasteiger partial charge in [-0.3, -0.25) is 0 Å². The van der Waals surface area contributed by atoms with Gasteiger partial charge in [-0.1, -0.05) is 18.2 Å². The molecule has 4 rings (SSSR count). The highest BCUT2D eigenvalue weighted by atomic mass is 16.5. The minimum Gasteiger partial charge on any atom is -0.371 e. The van der Waals surface area contributed by atoms with E-state index < -0.39 is 0 Å². The van der Waals surface area contributed by atoms with Gasteiger partial charge in [0.1, 0.15) is 5.82 Å². The number of fused-ring (bicyclic) bond motifs is 3. The van der Waals surface area contributed by atoms with Crippen LogP contribution in [0.3, 0.4) is 0 Å². The number of nitrogens with two attached hydrogens (primary N) is 1. The Bertz CT molecular complexity index is 646. The van der Waals surface area contributed by atoms with Crippen molar-refractivity contribution in [2.75, 3.05) is 24.5 Å². The highest BCUT2D eigenvalue weighted by molar-refractivity contribution is 5.82. The monoisotopic (exact) mass is 283 g/mol. The van der Waals surface area contributed by atoms with Crippen LogP contribution in [0.2, 0.25) is 0 Å². The van der Waals surface area contributed by atoms with Gasteiger partial charge in [-0.25, -0.2) is 4.98 Å². The summed E-state index contributed by atoms with van der Waals surface area (Å²) in [7, 11) is 0. The number of hydrogen-bond donors (Lipinski definition) is 1. The third kappa shape index (κ3) is 2.39. The predicted octanol–water partition coefficient (Wildman–Crippen LogP) is 2.10. The first-order valence-electron chi connectivity index (χ1n) is 7.82. The molecule has 110 valence electrons. The van der Waals surface area contributed by atoms with Crippen LogP contribution in [0.4, 0.5) is 5.82 Å². The Hall–Kier alpha value is -1.65. The largest absolute Gasteiger partial charge is 0.371 e. The van der Waals surface area contributed by atoms with Crippen LogP contribution in [-0.2, 0) is 11.2 Å². The molecule has 0 saturated carbocycles. The predicted molar refractivity (Wildman–Crippen MR) is 84.6 cm³/mol. The zero-order valence-corrected chi connectivity index (χ0v) is 12.2. The fourth-order valence-corrected chi connectivity index (χ4v) is 3.55. The molecule has 2 N–H and O–H groups in total. The van der Waals surface area contributed by atoms with Gasteiger partial charge in [0.2, 0.25) is 0 Å². The second-order valence-corrected chi connectivity index (χ2v) is 6.06. The molecule has 1 aromatic carbocycles. The number of nitrogens with zero attached hydrogens (tertiary/aromatic N) is 2. The van der Waals surface area contributed by atoms with Crippen LogP contribution in [0.15, 0.2) is 30.3 Å². The number of para-hydroxylation sites is 1. The average Bonchev–Trinajstić information content (AvgIpc) is 2.85. The van der Waals surface area contributed by atoms with Gasteiger partial charge in [0.05, 0.1) is 17.7 Å². The lowest BCUT2D eigenvalue weighted by Crippen LogP contribution is -2.43. The molecule has 0 spiro atoms. The molecule has 0 amide bonds. The van der Waals surface area contributed by atoms with Crippen LogP contribution in [0.5, 0.6) is 0 Å². The molecule has 21 heavy (non-hydrogen) atoms. The smallest absolute Gasteiger partial charge is 0.132 e. The van der Waals surface area contributed by atoms with E-state index in [4.69, 9.17) is 15.5 Å². The van der Waals surface area contributed by atoms with Crippen molar-refractivity contribution in [2.45, 2.75) is 31.5 Å². The molecule has 2 bridgehead atoms. The fraction of sp³-hybridized carbons (Fsp3) is 0.471. The number of morpholine rings is 1. The average molecular weight is 283 g/mol. The van der Waals surface area contributed by atoms with Gasteiger partial charge in [-0.15, -0.1) is 0 Å². The first kappa shape index (κ1) is 13.0. The van der Waals surface area contributed by atoms with Gasteiger partial charge in [-0.05, 0) is 43.5 Å². The molecule has 0 radical (unpaired) electrons. The van der Waals surface area contributed by atoms with Crippen molar-refractivity contribution >= 4 is 16.7 Å². The van der Waals surface area contributed by atoms with E-state index in [1.54, 1.807) is 0 Å². The lowest BCUT2D eigenvalue weighted by Gasteiger charge is -2.34. The third-order valence-corrected chi connectivity index (χ3v) is 4.54. The molecule has 2 fully saturated rings. The molecule has 2 atom stereocenters. The van der Waals surface area contributed by atoms with Crippen molar-refractivity contribution in [1.29, 1.82) is 0 Å². The Morgan fingerprint density at radius 1 is 1.19 bits per heavy atom. The zero-order valence-electron chi connectivity index (χ0n) is 12.2. The van der Waals surface area contributed by atoms with E-state index in [9.17, 15) is 0 Å². The first-order valence-corrected chi connectivity index (χ1v) is 7.82. The molecular formula is C17H21N3O. The first-order chi connectivity index (χ1) is 10.3. The van der Waals surface area contributed by atoms with E-state index in [0.29, 0.717) is 18.8 Å². The standard InChI is InChI=1S/C17H21N3O/c18-8-7-13-9-12-3-1-2-4-16(12)19-17(13)20-10-14-5-6-15(11-20)21-14/h1-4,9,14-15H,5-8,10-11,18H2. The molecule has 2 aromatic rings. The van der Waals surface area contributed by atoms with Gasteiger partial charge in [-0.2, -0.15) is 0 Å². The Labute approximate surface area is 124 Å². The third-order valence-electron chi connectivity index (χ3n) is 4.54.